The Balaban J connectivity index is 1.79. The molecule has 2 aromatic rings. The Morgan fingerprint density at radius 1 is 1.38 bits per heavy atom. The smallest absolute Gasteiger partial charge is 0.230 e. The summed E-state index contributed by atoms with van der Waals surface area (Å²) >= 11 is 0. The third-order valence-electron chi connectivity index (χ3n) is 4.16. The van der Waals surface area contributed by atoms with Crippen LogP contribution in [0.1, 0.15) is 30.6 Å². The van der Waals surface area contributed by atoms with Gasteiger partial charge in [0.05, 0.1) is 5.69 Å². The van der Waals surface area contributed by atoms with Gasteiger partial charge in [-0.15, -0.1) is 0 Å². The van der Waals surface area contributed by atoms with Crippen LogP contribution in [0, 0.1) is 12.8 Å². The van der Waals surface area contributed by atoms with Crippen LogP contribution in [-0.4, -0.2) is 22.4 Å². The summed E-state index contributed by atoms with van der Waals surface area (Å²) < 4.78 is 0. The maximum absolute atomic E-state index is 12.8. The van der Waals surface area contributed by atoms with Gasteiger partial charge >= 0.3 is 0 Å². The average molecular weight is 283 g/mol. The van der Waals surface area contributed by atoms with Crippen molar-refractivity contribution in [3.8, 4) is 0 Å². The minimum Gasteiger partial charge on any atom is -0.346 e. The maximum atomic E-state index is 12.8. The van der Waals surface area contributed by atoms with Crippen LogP contribution in [0.15, 0.2) is 30.3 Å². The number of aromatic amines is 1. The molecule has 1 heterocycles. The SMILES string of the molecule is CCN(C(=O)C1CCc2nc(C)[nH]c2C1)c1ccccc1. The molecule has 0 aliphatic heterocycles. The summed E-state index contributed by atoms with van der Waals surface area (Å²) in [4.78, 5) is 22.5. The molecule has 1 aliphatic rings. The first kappa shape index (κ1) is 13.9. The summed E-state index contributed by atoms with van der Waals surface area (Å²) in [7, 11) is 0. The number of imidazole rings is 1. The van der Waals surface area contributed by atoms with E-state index in [1.54, 1.807) is 0 Å². The van der Waals surface area contributed by atoms with Gasteiger partial charge in [-0.3, -0.25) is 4.79 Å². The lowest BCUT2D eigenvalue weighted by atomic mass is 9.88. The highest BCUT2D eigenvalue weighted by molar-refractivity contribution is 5.95. The van der Waals surface area contributed by atoms with Gasteiger partial charge in [0.2, 0.25) is 5.91 Å². The van der Waals surface area contributed by atoms with Crippen molar-refractivity contribution >= 4 is 11.6 Å². The molecule has 1 aliphatic carbocycles. The quantitative estimate of drug-likeness (QED) is 0.941. The summed E-state index contributed by atoms with van der Waals surface area (Å²) in [5.74, 6) is 1.22. The Hall–Kier alpha value is -2.10. The zero-order valence-electron chi connectivity index (χ0n) is 12.6. The molecule has 21 heavy (non-hydrogen) atoms. The number of H-pyrrole nitrogens is 1. The molecule has 0 bridgehead atoms. The van der Waals surface area contributed by atoms with Gasteiger partial charge in [0.1, 0.15) is 5.82 Å². The fraction of sp³-hybridized carbons (Fsp3) is 0.412. The molecule has 0 saturated heterocycles. The second kappa shape index (κ2) is 5.72. The van der Waals surface area contributed by atoms with Crippen molar-refractivity contribution < 1.29 is 4.79 Å². The standard InChI is InChI=1S/C17H21N3O/c1-3-20(14-7-5-4-6-8-14)17(21)13-9-10-15-16(11-13)19-12(2)18-15/h4-8,13H,3,9-11H2,1-2H3,(H,18,19). The van der Waals surface area contributed by atoms with Gasteiger partial charge in [0.25, 0.3) is 0 Å². The van der Waals surface area contributed by atoms with E-state index in [1.807, 2.05) is 49.1 Å². The predicted molar refractivity (Wildman–Crippen MR) is 83.3 cm³/mol. The summed E-state index contributed by atoms with van der Waals surface area (Å²) in [6, 6.07) is 9.92. The summed E-state index contributed by atoms with van der Waals surface area (Å²) in [5, 5.41) is 0. The fourth-order valence-electron chi connectivity index (χ4n) is 3.13. The van der Waals surface area contributed by atoms with E-state index in [4.69, 9.17) is 0 Å². The van der Waals surface area contributed by atoms with Crippen molar-refractivity contribution in [3.63, 3.8) is 0 Å². The average Bonchev–Trinajstić information content (AvgIpc) is 2.88. The Labute approximate surface area is 125 Å². The van der Waals surface area contributed by atoms with Gasteiger partial charge in [-0.1, -0.05) is 18.2 Å². The number of para-hydroxylation sites is 1. The molecule has 0 spiro atoms. The van der Waals surface area contributed by atoms with E-state index >= 15 is 0 Å². The largest absolute Gasteiger partial charge is 0.346 e. The van der Waals surface area contributed by atoms with Crippen molar-refractivity contribution in [2.24, 2.45) is 5.92 Å². The number of anilines is 1. The molecular weight excluding hydrogens is 262 g/mol. The first-order chi connectivity index (χ1) is 10.2. The first-order valence-electron chi connectivity index (χ1n) is 7.59. The Bertz CT molecular complexity index is 633. The van der Waals surface area contributed by atoms with Gasteiger partial charge in [-0.25, -0.2) is 4.98 Å². The first-order valence-corrected chi connectivity index (χ1v) is 7.59. The van der Waals surface area contributed by atoms with E-state index in [2.05, 4.69) is 9.97 Å². The number of hydrogen-bond acceptors (Lipinski definition) is 2. The van der Waals surface area contributed by atoms with Crippen LogP contribution in [0.3, 0.4) is 0 Å². The summed E-state index contributed by atoms with van der Waals surface area (Å²) in [6.07, 6.45) is 2.56. The molecule has 4 nitrogen and oxygen atoms in total. The number of carbonyl (C=O) groups is 1. The number of rotatable bonds is 3. The number of amides is 1. The number of aromatic nitrogens is 2. The van der Waals surface area contributed by atoms with Crippen molar-refractivity contribution in [2.45, 2.75) is 33.1 Å². The fourth-order valence-corrected chi connectivity index (χ4v) is 3.13. The highest BCUT2D eigenvalue weighted by Crippen LogP contribution is 2.27. The number of nitrogens with one attached hydrogen (secondary N) is 1. The van der Waals surface area contributed by atoms with Crippen molar-refractivity contribution in [2.75, 3.05) is 11.4 Å². The third-order valence-corrected chi connectivity index (χ3v) is 4.16. The number of benzene rings is 1. The van der Waals surface area contributed by atoms with Gasteiger partial charge in [0.15, 0.2) is 0 Å². The summed E-state index contributed by atoms with van der Waals surface area (Å²) in [5.41, 5.74) is 3.26. The van der Waals surface area contributed by atoms with E-state index in [0.717, 1.165) is 42.2 Å². The van der Waals surface area contributed by atoms with E-state index in [9.17, 15) is 4.79 Å². The van der Waals surface area contributed by atoms with Crippen LogP contribution in [-0.2, 0) is 17.6 Å². The van der Waals surface area contributed by atoms with Crippen molar-refractivity contribution in [1.82, 2.24) is 9.97 Å². The highest BCUT2D eigenvalue weighted by Gasteiger charge is 2.30. The van der Waals surface area contributed by atoms with Crippen LogP contribution >= 0.6 is 0 Å². The van der Waals surface area contributed by atoms with Crippen LogP contribution in [0.2, 0.25) is 0 Å². The molecule has 3 rings (SSSR count). The maximum Gasteiger partial charge on any atom is 0.230 e. The molecule has 0 saturated carbocycles. The molecule has 0 fully saturated rings. The monoisotopic (exact) mass is 283 g/mol. The zero-order valence-corrected chi connectivity index (χ0v) is 12.6. The van der Waals surface area contributed by atoms with E-state index < -0.39 is 0 Å². The Morgan fingerprint density at radius 3 is 2.86 bits per heavy atom. The van der Waals surface area contributed by atoms with Crippen LogP contribution < -0.4 is 4.90 Å². The van der Waals surface area contributed by atoms with Gasteiger partial charge in [-0.05, 0) is 38.8 Å². The number of nitrogens with zero attached hydrogens (tertiary/aromatic N) is 2. The van der Waals surface area contributed by atoms with E-state index in [-0.39, 0.29) is 11.8 Å². The molecule has 1 aromatic carbocycles. The molecule has 1 unspecified atom stereocenters. The molecule has 1 aromatic heterocycles. The van der Waals surface area contributed by atoms with Gasteiger partial charge in [-0.2, -0.15) is 0 Å². The van der Waals surface area contributed by atoms with Crippen LogP contribution in [0.5, 0.6) is 0 Å². The minimum absolute atomic E-state index is 0.0532. The Morgan fingerprint density at radius 2 is 2.14 bits per heavy atom. The van der Waals surface area contributed by atoms with Gasteiger partial charge in [0, 0.05) is 30.3 Å². The molecule has 1 atom stereocenters. The van der Waals surface area contributed by atoms with Crippen molar-refractivity contribution in [3.05, 3.63) is 47.5 Å². The molecule has 1 N–H and O–H groups in total. The van der Waals surface area contributed by atoms with Crippen molar-refractivity contribution in [1.29, 1.82) is 0 Å². The molecule has 0 radical (unpaired) electrons. The lowest BCUT2D eigenvalue weighted by Gasteiger charge is -2.28. The van der Waals surface area contributed by atoms with E-state index in [0.29, 0.717) is 6.54 Å². The van der Waals surface area contributed by atoms with Crippen LogP contribution in [0.25, 0.3) is 0 Å². The third kappa shape index (κ3) is 2.71. The molecule has 1 amide bonds. The number of fused-ring (bicyclic) bond motifs is 1. The zero-order chi connectivity index (χ0) is 14.8. The molecule has 4 heteroatoms. The lowest BCUT2D eigenvalue weighted by Crippen LogP contribution is -2.38. The molecular formula is C17H21N3O. The van der Waals surface area contributed by atoms with Gasteiger partial charge < -0.3 is 9.88 Å². The Kier molecular flexibility index (Phi) is 3.78. The van der Waals surface area contributed by atoms with Crippen LogP contribution in [0.4, 0.5) is 5.69 Å². The predicted octanol–water partition coefficient (Wildman–Crippen LogP) is 2.88. The number of aryl methyl sites for hydroxylation is 2. The van der Waals surface area contributed by atoms with E-state index in [1.165, 1.54) is 0 Å². The topological polar surface area (TPSA) is 49.0 Å². The number of carbonyl (C=O) groups excluding carboxylic acids is 1. The minimum atomic E-state index is 0.0532. The second-order valence-corrected chi connectivity index (χ2v) is 5.61. The highest BCUT2D eigenvalue weighted by atomic mass is 16.2. The summed E-state index contributed by atoms with van der Waals surface area (Å²) in [6.45, 7) is 4.70. The molecule has 110 valence electrons. The second-order valence-electron chi connectivity index (χ2n) is 5.61. The normalized spacial score (nSPS) is 17.3. The number of hydrogen-bond donors (Lipinski definition) is 1. The lowest BCUT2D eigenvalue weighted by molar-refractivity contribution is -0.122.